The molecule has 232 valence electrons. The molecule has 0 saturated heterocycles. The molecule has 0 bridgehead atoms. The smallest absolute Gasteiger partial charge is 0.309 e. The summed E-state index contributed by atoms with van der Waals surface area (Å²) in [5.41, 5.74) is 7.57. The molecule has 2 aliphatic rings. The summed E-state index contributed by atoms with van der Waals surface area (Å²) in [6.07, 6.45) is 0. The van der Waals surface area contributed by atoms with Gasteiger partial charge >= 0.3 is 7.48 Å². The Morgan fingerprint density at radius 2 is 1.51 bits per heavy atom. The van der Waals surface area contributed by atoms with Crippen LogP contribution >= 0.6 is 11.8 Å². The average molecular weight is 635 g/mol. The van der Waals surface area contributed by atoms with Gasteiger partial charge < -0.3 is 14.2 Å². The van der Waals surface area contributed by atoms with Crippen molar-refractivity contribution in [2.24, 2.45) is 9.98 Å². The lowest BCUT2D eigenvalue weighted by molar-refractivity contribution is -0.0893. The number of thioether (sulfide) groups is 1. The first kappa shape index (κ1) is 29.9. The third kappa shape index (κ3) is 5.33. The third-order valence-corrected chi connectivity index (χ3v) is 11.1. The molecule has 2 unspecified atom stereocenters. The molecular formula is C40H35BN2O3S. The maximum Gasteiger partial charge on any atom is 0.309 e. The van der Waals surface area contributed by atoms with Crippen LogP contribution in [0.2, 0.25) is 0 Å². The molecule has 8 rings (SSSR count). The van der Waals surface area contributed by atoms with Gasteiger partial charge in [0.2, 0.25) is 0 Å². The minimum absolute atomic E-state index is 0.0272. The first-order valence-electron chi connectivity index (χ1n) is 16.0. The second-order valence-corrected chi connectivity index (χ2v) is 14.6. The van der Waals surface area contributed by atoms with Crippen LogP contribution in [0.25, 0.3) is 33.1 Å². The molecule has 6 aromatic rings. The Kier molecular flexibility index (Phi) is 7.25. The monoisotopic (exact) mass is 634 g/mol. The standard InChI is InChI=1S/C40H35BN2O3S/c1-39(2,44)40(3,4)46-41-27-21-22-29-30-15-10-14-28(36(30)45-32(29)23-27)24-17-19-26(20-18-24)38-42-34(25-11-6-5-7-12-25)37-35(43-38)31-13-8-9-16-33(31)47-37/h5-23,35,37,41,44H,1-4H3. The van der Waals surface area contributed by atoms with E-state index in [1.807, 2.05) is 37.7 Å². The molecule has 1 aromatic heterocycles. The van der Waals surface area contributed by atoms with Gasteiger partial charge in [0.05, 0.1) is 28.2 Å². The average Bonchev–Trinajstić information content (AvgIpc) is 3.65. The Balaban J connectivity index is 1.12. The molecule has 5 nitrogen and oxygen atoms in total. The Hall–Kier alpha value is -4.43. The normalized spacial score (nSPS) is 17.7. The van der Waals surface area contributed by atoms with E-state index < -0.39 is 11.2 Å². The first-order valence-corrected chi connectivity index (χ1v) is 16.9. The van der Waals surface area contributed by atoms with Gasteiger partial charge in [-0.15, -0.1) is 11.8 Å². The number of rotatable bonds is 7. The predicted octanol–water partition coefficient (Wildman–Crippen LogP) is 8.26. The van der Waals surface area contributed by atoms with Crippen LogP contribution in [-0.4, -0.2) is 40.6 Å². The first-order chi connectivity index (χ1) is 22.7. The van der Waals surface area contributed by atoms with E-state index in [-0.39, 0.29) is 11.3 Å². The zero-order valence-electron chi connectivity index (χ0n) is 26.9. The summed E-state index contributed by atoms with van der Waals surface area (Å²) in [6.45, 7) is 7.35. The third-order valence-electron chi connectivity index (χ3n) is 9.70. The molecule has 1 N–H and O–H groups in total. The zero-order chi connectivity index (χ0) is 32.3. The van der Waals surface area contributed by atoms with Crippen molar-refractivity contribution in [1.29, 1.82) is 0 Å². The van der Waals surface area contributed by atoms with Crippen LogP contribution < -0.4 is 5.46 Å². The molecule has 0 amide bonds. The van der Waals surface area contributed by atoms with E-state index in [1.54, 1.807) is 13.8 Å². The highest BCUT2D eigenvalue weighted by molar-refractivity contribution is 8.01. The Morgan fingerprint density at radius 1 is 0.766 bits per heavy atom. The molecule has 0 fully saturated rings. The Labute approximate surface area is 279 Å². The van der Waals surface area contributed by atoms with Gasteiger partial charge in [0.25, 0.3) is 0 Å². The summed E-state index contributed by atoms with van der Waals surface area (Å²) in [7, 11) is 0.378. The molecular weight excluding hydrogens is 599 g/mol. The predicted molar refractivity (Wildman–Crippen MR) is 196 cm³/mol. The lowest BCUT2D eigenvalue weighted by Gasteiger charge is -2.37. The van der Waals surface area contributed by atoms with Crippen molar-refractivity contribution in [3.63, 3.8) is 0 Å². The molecule has 0 radical (unpaired) electrons. The van der Waals surface area contributed by atoms with Crippen LogP contribution in [-0.2, 0) is 4.65 Å². The number of nitrogens with zero attached hydrogens (tertiary/aromatic N) is 2. The second-order valence-electron chi connectivity index (χ2n) is 13.4. The van der Waals surface area contributed by atoms with E-state index in [0.717, 1.165) is 61.2 Å². The van der Waals surface area contributed by atoms with Crippen molar-refractivity contribution < 1.29 is 14.2 Å². The number of para-hydroxylation sites is 1. The van der Waals surface area contributed by atoms with Crippen LogP contribution in [0.3, 0.4) is 0 Å². The van der Waals surface area contributed by atoms with Crippen LogP contribution in [0.15, 0.2) is 135 Å². The van der Waals surface area contributed by atoms with Gasteiger partial charge in [0.1, 0.15) is 11.2 Å². The summed E-state index contributed by atoms with van der Waals surface area (Å²) < 4.78 is 12.6. The van der Waals surface area contributed by atoms with E-state index >= 15 is 0 Å². The topological polar surface area (TPSA) is 67.3 Å². The van der Waals surface area contributed by atoms with E-state index in [0.29, 0.717) is 7.48 Å². The van der Waals surface area contributed by atoms with E-state index in [2.05, 4.69) is 103 Å². The fourth-order valence-electron chi connectivity index (χ4n) is 6.25. The maximum atomic E-state index is 10.5. The van der Waals surface area contributed by atoms with Crippen LogP contribution in [0.5, 0.6) is 0 Å². The van der Waals surface area contributed by atoms with Crippen molar-refractivity contribution in [2.75, 3.05) is 0 Å². The molecule has 0 spiro atoms. The van der Waals surface area contributed by atoms with Crippen LogP contribution in [0.1, 0.15) is 50.4 Å². The highest BCUT2D eigenvalue weighted by Crippen LogP contribution is 2.49. The second kappa shape index (κ2) is 11.4. The molecule has 0 saturated carbocycles. The highest BCUT2D eigenvalue weighted by atomic mass is 32.2. The number of aliphatic imine (C=N–C) groups is 2. The fourth-order valence-corrected chi connectivity index (χ4v) is 7.65. The van der Waals surface area contributed by atoms with Crippen molar-refractivity contribution in [2.45, 2.75) is 55.1 Å². The van der Waals surface area contributed by atoms with E-state index in [1.165, 1.54) is 10.5 Å². The number of hydrogen-bond acceptors (Lipinski definition) is 6. The van der Waals surface area contributed by atoms with Crippen molar-refractivity contribution in [1.82, 2.24) is 0 Å². The van der Waals surface area contributed by atoms with E-state index in [9.17, 15) is 5.11 Å². The number of hydrogen-bond donors (Lipinski definition) is 1. The molecule has 47 heavy (non-hydrogen) atoms. The fraction of sp³-hybridized carbons (Fsp3) is 0.200. The molecule has 7 heteroatoms. The van der Waals surface area contributed by atoms with Gasteiger partial charge in [-0.3, -0.25) is 4.99 Å². The Morgan fingerprint density at radius 3 is 2.30 bits per heavy atom. The van der Waals surface area contributed by atoms with Gasteiger partial charge in [-0.1, -0.05) is 103 Å². The summed E-state index contributed by atoms with van der Waals surface area (Å²) >= 11 is 1.86. The summed E-state index contributed by atoms with van der Waals surface area (Å²) in [4.78, 5) is 11.7. The van der Waals surface area contributed by atoms with Crippen LogP contribution in [0, 0.1) is 0 Å². The number of amidine groups is 1. The van der Waals surface area contributed by atoms with Gasteiger partial charge in [-0.25, -0.2) is 4.99 Å². The number of aliphatic hydroxyl groups is 1. The van der Waals surface area contributed by atoms with Gasteiger partial charge in [-0.05, 0) is 62.0 Å². The van der Waals surface area contributed by atoms with Crippen LogP contribution in [0.4, 0.5) is 0 Å². The van der Waals surface area contributed by atoms with Crippen molar-refractivity contribution >= 4 is 58.2 Å². The highest BCUT2D eigenvalue weighted by Gasteiger charge is 2.40. The SMILES string of the molecule is CC(C)(O)C(C)(C)OBc1ccc2c(c1)oc1c(-c3ccc(C4=NC5c6ccccc6SC5C(c5ccccc5)=N4)cc3)cccc12. The lowest BCUT2D eigenvalue weighted by Crippen LogP contribution is -2.49. The molecule has 0 aliphatic carbocycles. The quantitative estimate of drug-likeness (QED) is 0.180. The minimum Gasteiger partial charge on any atom is -0.455 e. The molecule has 2 aliphatic heterocycles. The maximum absolute atomic E-state index is 10.5. The van der Waals surface area contributed by atoms with Gasteiger partial charge in [0.15, 0.2) is 5.84 Å². The number of furan rings is 1. The Bertz CT molecular complexity index is 2200. The molecule has 2 atom stereocenters. The van der Waals surface area contributed by atoms with E-state index in [4.69, 9.17) is 19.1 Å². The number of fused-ring (bicyclic) bond motifs is 6. The summed E-state index contributed by atoms with van der Waals surface area (Å²) in [6, 6.07) is 40.1. The lowest BCUT2D eigenvalue weighted by atomic mass is 9.82. The summed E-state index contributed by atoms with van der Waals surface area (Å²) in [5.74, 6) is 0.762. The minimum atomic E-state index is -0.968. The van der Waals surface area contributed by atoms with Gasteiger partial charge in [-0.2, -0.15) is 0 Å². The zero-order valence-corrected chi connectivity index (χ0v) is 27.7. The van der Waals surface area contributed by atoms with Gasteiger partial charge in [0, 0.05) is 26.8 Å². The van der Waals surface area contributed by atoms with Crippen molar-refractivity contribution in [3.8, 4) is 11.1 Å². The summed E-state index contributed by atoms with van der Waals surface area (Å²) in [5, 5.41) is 12.8. The largest absolute Gasteiger partial charge is 0.455 e. The molecule has 3 heterocycles. The molecule has 5 aromatic carbocycles. The number of benzene rings is 5. The van der Waals surface area contributed by atoms with Crippen molar-refractivity contribution in [3.05, 3.63) is 132 Å².